The lowest BCUT2D eigenvalue weighted by Gasteiger charge is -2.29. The Bertz CT molecular complexity index is 2450. The number of nitrogens with zero attached hydrogens (tertiary/aromatic N) is 6. The van der Waals surface area contributed by atoms with Gasteiger partial charge in [0.1, 0.15) is 48.7 Å². The number of methoxy groups -OCH3 is 1. The zero-order valence-electron chi connectivity index (χ0n) is 35.8. The average molecular weight is 837 g/mol. The summed E-state index contributed by atoms with van der Waals surface area (Å²) in [4.78, 5) is 26.9. The molecule has 3 fully saturated rings. The Hall–Kier alpha value is -5.52. The van der Waals surface area contributed by atoms with Crippen molar-refractivity contribution in [3.8, 4) is 35.2 Å². The highest BCUT2D eigenvalue weighted by molar-refractivity contribution is 6.06. The van der Waals surface area contributed by atoms with Crippen LogP contribution in [0.2, 0.25) is 0 Å². The van der Waals surface area contributed by atoms with Crippen molar-refractivity contribution in [2.75, 3.05) is 52.0 Å². The lowest BCUT2D eigenvalue weighted by molar-refractivity contribution is -0.0366. The highest BCUT2D eigenvalue weighted by atomic mass is 19.1. The van der Waals surface area contributed by atoms with Crippen LogP contribution in [0.25, 0.3) is 32.9 Å². The molecule has 3 aromatic carbocycles. The van der Waals surface area contributed by atoms with E-state index in [9.17, 15) is 9.18 Å². The number of fused-ring (bicyclic) bond motifs is 2. The number of amides is 1. The molecule has 8 rings (SSSR count). The molecule has 5 aromatic rings. The first-order valence-corrected chi connectivity index (χ1v) is 21.1. The molecule has 14 heteroatoms. The van der Waals surface area contributed by atoms with Crippen molar-refractivity contribution < 1.29 is 37.3 Å². The number of ether oxygens (including phenoxy) is 5. The van der Waals surface area contributed by atoms with Gasteiger partial charge in [-0.05, 0) is 107 Å². The van der Waals surface area contributed by atoms with Crippen molar-refractivity contribution in [2.45, 2.75) is 103 Å². The molecule has 4 heterocycles. The fourth-order valence-corrected chi connectivity index (χ4v) is 8.31. The summed E-state index contributed by atoms with van der Waals surface area (Å²) in [5.74, 6) is 3.42. The van der Waals surface area contributed by atoms with E-state index in [4.69, 9.17) is 45.2 Å². The van der Waals surface area contributed by atoms with Crippen molar-refractivity contribution >= 4 is 33.7 Å². The smallest absolute Gasteiger partial charge is 0.410 e. The molecular formula is C47H54F2N6O6. The molecule has 1 unspecified atom stereocenters. The number of benzene rings is 3. The second kappa shape index (κ2) is 17.5. The van der Waals surface area contributed by atoms with Crippen LogP contribution < -0.4 is 14.4 Å². The summed E-state index contributed by atoms with van der Waals surface area (Å²) in [5.41, 5.74) is 4.83. The van der Waals surface area contributed by atoms with E-state index in [1.165, 1.54) is 7.11 Å². The van der Waals surface area contributed by atoms with Gasteiger partial charge in [0.05, 0.1) is 11.7 Å². The van der Waals surface area contributed by atoms with Gasteiger partial charge in [0.25, 0.3) is 0 Å². The molecule has 1 aliphatic carbocycles. The highest BCUT2D eigenvalue weighted by Crippen LogP contribution is 2.53. The first kappa shape index (κ1) is 42.2. The van der Waals surface area contributed by atoms with Crippen LogP contribution in [0.5, 0.6) is 11.8 Å². The maximum atomic E-state index is 16.5. The highest BCUT2D eigenvalue weighted by Gasteiger charge is 2.37. The van der Waals surface area contributed by atoms with Crippen molar-refractivity contribution in [2.24, 2.45) is 0 Å². The van der Waals surface area contributed by atoms with E-state index in [1.54, 1.807) is 28.8 Å². The largest absolute Gasteiger partial charge is 0.486 e. The fourth-order valence-electron chi connectivity index (χ4n) is 8.31. The molecule has 322 valence electrons. The van der Waals surface area contributed by atoms with E-state index in [1.807, 2.05) is 57.0 Å². The van der Waals surface area contributed by atoms with Crippen LogP contribution in [-0.4, -0.2) is 95.6 Å². The van der Waals surface area contributed by atoms with Gasteiger partial charge < -0.3 is 33.5 Å². The standard InChI is InChI=1S/C47H54F2N6O6/c1-8-29-12-14-30(15-13-29)26-59-43-41(40-28(2)37(49)22-38-36(40)24-50-55(38)39-11-9-10-20-58-39)34(31-16-17-31)21-35-42(43)51-45(60-27-33(23-48)57-7)52-44(35)53(6)32-18-19-54(25-32)46(56)61-47(3,4)5/h1,12-15,21-22,24,31-33,39H,9-11,16-20,23,25-27H2,2-7H3/t32-,33+,39?/m0/s1. The lowest BCUT2D eigenvalue weighted by Crippen LogP contribution is -2.39. The van der Waals surface area contributed by atoms with Crippen LogP contribution in [0.15, 0.2) is 42.6 Å². The molecule has 1 amide bonds. The topological polar surface area (TPSA) is 113 Å². The van der Waals surface area contributed by atoms with Gasteiger partial charge in [0.15, 0.2) is 12.0 Å². The van der Waals surface area contributed by atoms with Crippen LogP contribution in [-0.2, 0) is 20.8 Å². The number of aromatic nitrogens is 4. The van der Waals surface area contributed by atoms with Crippen molar-refractivity contribution in [3.05, 3.63) is 70.7 Å². The predicted molar refractivity (Wildman–Crippen MR) is 229 cm³/mol. The number of terminal acetylenes is 1. The van der Waals surface area contributed by atoms with Gasteiger partial charge >= 0.3 is 12.1 Å². The maximum absolute atomic E-state index is 16.5. The number of hydrogen-bond acceptors (Lipinski definition) is 10. The molecular weight excluding hydrogens is 783 g/mol. The Morgan fingerprint density at radius 2 is 1.85 bits per heavy atom. The van der Waals surface area contributed by atoms with Crippen LogP contribution in [0.1, 0.15) is 93.7 Å². The lowest BCUT2D eigenvalue weighted by atomic mass is 9.88. The summed E-state index contributed by atoms with van der Waals surface area (Å²) in [5, 5.41) is 6.26. The molecule has 12 nitrogen and oxygen atoms in total. The summed E-state index contributed by atoms with van der Waals surface area (Å²) in [6.07, 6.45) is 11.2. The van der Waals surface area contributed by atoms with Gasteiger partial charge in [-0.15, -0.1) is 6.42 Å². The van der Waals surface area contributed by atoms with Crippen LogP contribution >= 0.6 is 0 Å². The molecule has 1 saturated carbocycles. The Morgan fingerprint density at radius 1 is 1.07 bits per heavy atom. The fraction of sp³-hybridized carbons (Fsp3) is 0.489. The first-order valence-electron chi connectivity index (χ1n) is 21.1. The normalized spacial score (nSPS) is 18.6. The second-order valence-corrected chi connectivity index (χ2v) is 17.3. The summed E-state index contributed by atoms with van der Waals surface area (Å²) in [6.45, 7) is 8.07. The first-order chi connectivity index (χ1) is 29.4. The van der Waals surface area contributed by atoms with E-state index in [-0.39, 0.29) is 49.3 Å². The third kappa shape index (κ3) is 8.81. The molecule has 0 bridgehead atoms. The molecule has 2 aliphatic heterocycles. The van der Waals surface area contributed by atoms with E-state index in [2.05, 4.69) is 12.0 Å². The third-order valence-corrected chi connectivity index (χ3v) is 11.8. The number of rotatable bonds is 13. The molecule has 3 atom stereocenters. The van der Waals surface area contributed by atoms with E-state index in [0.717, 1.165) is 59.7 Å². The minimum Gasteiger partial charge on any atom is -0.486 e. The number of likely N-dealkylation sites (N-methyl/N-ethyl adjacent to an activating group) is 1. The minimum absolute atomic E-state index is 0.0106. The number of carbonyl (C=O) groups is 1. The quantitative estimate of drug-likeness (QED) is 0.107. The number of hydrogen-bond donors (Lipinski definition) is 0. The molecule has 61 heavy (non-hydrogen) atoms. The average Bonchev–Trinajstić information content (AvgIpc) is 3.83. The van der Waals surface area contributed by atoms with Gasteiger partial charge in [-0.1, -0.05) is 18.1 Å². The molecule has 0 N–H and O–H groups in total. The minimum atomic E-state index is -0.847. The molecule has 0 spiro atoms. The van der Waals surface area contributed by atoms with Gasteiger partial charge in [-0.3, -0.25) is 0 Å². The second-order valence-electron chi connectivity index (χ2n) is 17.3. The Kier molecular flexibility index (Phi) is 12.1. The van der Waals surface area contributed by atoms with E-state index < -0.39 is 18.4 Å². The van der Waals surface area contributed by atoms with Crippen molar-refractivity contribution in [1.82, 2.24) is 24.6 Å². The summed E-state index contributed by atoms with van der Waals surface area (Å²) in [7, 11) is 3.36. The zero-order chi connectivity index (χ0) is 43.0. The van der Waals surface area contributed by atoms with E-state index in [0.29, 0.717) is 65.2 Å². The van der Waals surface area contributed by atoms with Crippen LogP contribution in [0, 0.1) is 25.1 Å². The monoisotopic (exact) mass is 836 g/mol. The third-order valence-electron chi connectivity index (χ3n) is 11.8. The summed E-state index contributed by atoms with van der Waals surface area (Å²) in [6, 6.07) is 11.1. The van der Waals surface area contributed by atoms with Gasteiger partial charge in [-0.2, -0.15) is 15.1 Å². The molecule has 2 saturated heterocycles. The number of alkyl halides is 1. The van der Waals surface area contributed by atoms with Gasteiger partial charge in [0.2, 0.25) is 0 Å². The molecule has 2 aromatic heterocycles. The van der Waals surface area contributed by atoms with Gasteiger partial charge in [0, 0.05) is 73.4 Å². The molecule has 0 radical (unpaired) electrons. The maximum Gasteiger partial charge on any atom is 0.410 e. The predicted octanol–water partition coefficient (Wildman–Crippen LogP) is 9.04. The van der Waals surface area contributed by atoms with Crippen LogP contribution in [0.4, 0.5) is 19.4 Å². The Morgan fingerprint density at radius 3 is 2.52 bits per heavy atom. The number of halogens is 2. The number of carbonyl (C=O) groups excluding carboxylic acids is 1. The number of anilines is 1. The SMILES string of the molecule is C#Cc1ccc(COc2c(-c3c(C)c(F)cc4c3cnn4C3CCCCO3)c(C3CC3)cc3c(N(C)[C@H]4CCN(C(=O)OC(C)(C)C)C4)nc(OC[C@@H](CF)OC)nc23)cc1. The van der Waals surface area contributed by atoms with E-state index >= 15 is 4.39 Å². The Labute approximate surface area is 355 Å². The molecule has 3 aliphatic rings. The zero-order valence-corrected chi connectivity index (χ0v) is 35.8. The Balaban J connectivity index is 1.34. The summed E-state index contributed by atoms with van der Waals surface area (Å²) >= 11 is 0. The number of likely N-dealkylation sites (tertiary alicyclic amines) is 1. The van der Waals surface area contributed by atoms with Crippen LogP contribution in [0.3, 0.4) is 0 Å². The van der Waals surface area contributed by atoms with Crippen molar-refractivity contribution in [1.29, 1.82) is 0 Å². The summed E-state index contributed by atoms with van der Waals surface area (Å²) < 4.78 is 62.5. The van der Waals surface area contributed by atoms with Crippen molar-refractivity contribution in [3.63, 3.8) is 0 Å². The van der Waals surface area contributed by atoms with Gasteiger partial charge in [-0.25, -0.2) is 18.3 Å².